The van der Waals surface area contributed by atoms with Crippen LogP contribution in [-0.2, 0) is 4.79 Å². The molecule has 2 aliphatic rings. The summed E-state index contributed by atoms with van der Waals surface area (Å²) >= 11 is 0. The Morgan fingerprint density at radius 1 is 1.07 bits per heavy atom. The number of anilines is 1. The van der Waals surface area contributed by atoms with Gasteiger partial charge in [-0.05, 0) is 31.2 Å². The summed E-state index contributed by atoms with van der Waals surface area (Å²) < 4.78 is 5.43. The van der Waals surface area contributed by atoms with Gasteiger partial charge in [-0.15, -0.1) is 0 Å². The van der Waals surface area contributed by atoms with Crippen LogP contribution in [0.15, 0.2) is 24.3 Å². The molecule has 3 amide bonds. The van der Waals surface area contributed by atoms with Gasteiger partial charge in [-0.3, -0.25) is 14.6 Å². The number of ether oxygens (including phenoxy) is 1. The molecular weight excluding hydrogens is 348 g/mol. The summed E-state index contributed by atoms with van der Waals surface area (Å²) in [5, 5.41) is 9.00. The SMILES string of the molecule is CCOc1ccc(N2CCN(CC(=O)N3CCN(CCO)CC3)C2=O)cc1. The van der Waals surface area contributed by atoms with Crippen molar-refractivity contribution in [3.05, 3.63) is 24.3 Å². The minimum Gasteiger partial charge on any atom is -0.494 e. The minimum atomic E-state index is -0.133. The first-order chi connectivity index (χ1) is 13.1. The average molecular weight is 376 g/mol. The van der Waals surface area contributed by atoms with Crippen molar-refractivity contribution in [1.29, 1.82) is 0 Å². The fraction of sp³-hybridized carbons (Fsp3) is 0.579. The maximum Gasteiger partial charge on any atom is 0.325 e. The first-order valence-electron chi connectivity index (χ1n) is 9.52. The van der Waals surface area contributed by atoms with Crippen LogP contribution >= 0.6 is 0 Å². The molecule has 0 atom stereocenters. The van der Waals surface area contributed by atoms with E-state index in [0.29, 0.717) is 39.3 Å². The number of benzene rings is 1. The third kappa shape index (κ3) is 4.70. The van der Waals surface area contributed by atoms with E-state index in [4.69, 9.17) is 9.84 Å². The second-order valence-corrected chi connectivity index (χ2v) is 6.73. The zero-order valence-corrected chi connectivity index (χ0v) is 15.8. The predicted molar refractivity (Wildman–Crippen MR) is 102 cm³/mol. The van der Waals surface area contributed by atoms with Crippen molar-refractivity contribution >= 4 is 17.6 Å². The Labute approximate surface area is 159 Å². The van der Waals surface area contributed by atoms with Gasteiger partial charge in [0.25, 0.3) is 0 Å². The number of amides is 3. The molecule has 0 aromatic heterocycles. The number of β-amino-alcohol motifs (C(OH)–C–C–N with tert-alkyl or cyclic N) is 1. The molecule has 2 heterocycles. The largest absolute Gasteiger partial charge is 0.494 e. The van der Waals surface area contributed by atoms with Gasteiger partial charge >= 0.3 is 6.03 Å². The number of aliphatic hydroxyl groups excluding tert-OH is 1. The molecule has 0 unspecified atom stereocenters. The standard InChI is InChI=1S/C19H28N4O4/c1-2-27-17-5-3-16(4-6-17)23-12-11-22(19(23)26)15-18(25)21-9-7-20(8-10-21)13-14-24/h3-6,24H,2,7-15H2,1H3. The maximum atomic E-state index is 12.7. The van der Waals surface area contributed by atoms with Crippen molar-refractivity contribution in [3.8, 4) is 5.75 Å². The van der Waals surface area contributed by atoms with Gasteiger partial charge in [-0.1, -0.05) is 0 Å². The van der Waals surface area contributed by atoms with Gasteiger partial charge in [0.05, 0.1) is 13.2 Å². The van der Waals surface area contributed by atoms with Crippen LogP contribution in [-0.4, -0.2) is 97.3 Å². The van der Waals surface area contributed by atoms with Gasteiger partial charge in [-0.25, -0.2) is 4.79 Å². The fourth-order valence-corrected chi connectivity index (χ4v) is 3.48. The molecule has 2 saturated heterocycles. The number of aliphatic hydroxyl groups is 1. The summed E-state index contributed by atoms with van der Waals surface area (Å²) in [6.45, 7) is 7.36. The minimum absolute atomic E-state index is 0.0134. The van der Waals surface area contributed by atoms with Crippen LogP contribution in [0.2, 0.25) is 0 Å². The second kappa shape index (κ2) is 9.05. The van der Waals surface area contributed by atoms with E-state index in [0.717, 1.165) is 24.5 Å². The highest BCUT2D eigenvalue weighted by Crippen LogP contribution is 2.23. The zero-order valence-electron chi connectivity index (χ0n) is 15.8. The van der Waals surface area contributed by atoms with Crippen molar-refractivity contribution in [2.75, 3.05) is 70.5 Å². The van der Waals surface area contributed by atoms with Crippen molar-refractivity contribution in [2.24, 2.45) is 0 Å². The number of hydrogen-bond donors (Lipinski definition) is 1. The molecule has 2 aliphatic heterocycles. The summed E-state index contributed by atoms with van der Waals surface area (Å²) in [4.78, 5) is 32.5. The molecule has 27 heavy (non-hydrogen) atoms. The lowest BCUT2D eigenvalue weighted by Crippen LogP contribution is -2.52. The Morgan fingerprint density at radius 2 is 1.78 bits per heavy atom. The lowest BCUT2D eigenvalue weighted by molar-refractivity contribution is -0.133. The molecule has 1 aromatic rings. The predicted octanol–water partition coefficient (Wildman–Crippen LogP) is 0.464. The monoisotopic (exact) mass is 376 g/mol. The molecule has 0 saturated carbocycles. The van der Waals surface area contributed by atoms with E-state index in [1.54, 1.807) is 14.7 Å². The van der Waals surface area contributed by atoms with Gasteiger partial charge in [0, 0.05) is 51.5 Å². The Bertz CT molecular complexity index is 644. The number of nitrogens with zero attached hydrogens (tertiary/aromatic N) is 4. The molecule has 1 N–H and O–H groups in total. The zero-order chi connectivity index (χ0) is 19.2. The van der Waals surface area contributed by atoms with Crippen LogP contribution in [0.4, 0.5) is 10.5 Å². The van der Waals surface area contributed by atoms with Gasteiger partial charge in [-0.2, -0.15) is 0 Å². The highest BCUT2D eigenvalue weighted by molar-refractivity contribution is 5.96. The highest BCUT2D eigenvalue weighted by Gasteiger charge is 2.32. The summed E-state index contributed by atoms with van der Waals surface area (Å²) in [6.07, 6.45) is 0. The number of carbonyl (C=O) groups excluding carboxylic acids is 2. The summed E-state index contributed by atoms with van der Waals surface area (Å²) in [6, 6.07) is 7.31. The van der Waals surface area contributed by atoms with Gasteiger partial charge in [0.1, 0.15) is 12.3 Å². The number of hydrogen-bond acceptors (Lipinski definition) is 5. The number of urea groups is 1. The Kier molecular flexibility index (Phi) is 6.52. The highest BCUT2D eigenvalue weighted by atomic mass is 16.5. The molecule has 3 rings (SSSR count). The summed E-state index contributed by atoms with van der Waals surface area (Å²) in [7, 11) is 0. The van der Waals surface area contributed by atoms with E-state index in [2.05, 4.69) is 4.90 Å². The third-order valence-corrected chi connectivity index (χ3v) is 5.02. The van der Waals surface area contributed by atoms with Crippen molar-refractivity contribution in [1.82, 2.24) is 14.7 Å². The Balaban J connectivity index is 1.52. The number of rotatable bonds is 7. The molecule has 8 nitrogen and oxygen atoms in total. The maximum absolute atomic E-state index is 12.7. The van der Waals surface area contributed by atoms with E-state index < -0.39 is 0 Å². The Hall–Kier alpha value is -2.32. The molecule has 0 spiro atoms. The van der Waals surface area contributed by atoms with Crippen LogP contribution < -0.4 is 9.64 Å². The summed E-state index contributed by atoms with van der Waals surface area (Å²) in [5.41, 5.74) is 0.816. The van der Waals surface area contributed by atoms with Crippen LogP contribution in [0, 0.1) is 0 Å². The second-order valence-electron chi connectivity index (χ2n) is 6.73. The van der Waals surface area contributed by atoms with Crippen LogP contribution in [0.5, 0.6) is 5.75 Å². The molecule has 8 heteroatoms. The number of carbonyl (C=O) groups is 2. The van der Waals surface area contributed by atoms with Crippen LogP contribution in [0.25, 0.3) is 0 Å². The van der Waals surface area contributed by atoms with E-state index in [-0.39, 0.29) is 25.1 Å². The van der Waals surface area contributed by atoms with Crippen LogP contribution in [0.3, 0.4) is 0 Å². The molecule has 148 valence electrons. The van der Waals surface area contributed by atoms with Gasteiger partial charge in [0.2, 0.25) is 5.91 Å². The first kappa shape index (κ1) is 19.4. The molecule has 0 radical (unpaired) electrons. The van der Waals surface area contributed by atoms with Crippen molar-refractivity contribution < 1.29 is 19.4 Å². The van der Waals surface area contributed by atoms with Crippen molar-refractivity contribution in [3.63, 3.8) is 0 Å². The smallest absolute Gasteiger partial charge is 0.325 e. The lowest BCUT2D eigenvalue weighted by Gasteiger charge is -2.35. The lowest BCUT2D eigenvalue weighted by atomic mass is 10.3. The molecule has 2 fully saturated rings. The third-order valence-electron chi connectivity index (χ3n) is 5.02. The summed E-state index contributed by atoms with van der Waals surface area (Å²) in [5.74, 6) is 0.765. The van der Waals surface area contributed by atoms with Gasteiger partial charge < -0.3 is 19.6 Å². The number of piperazine rings is 1. The van der Waals surface area contributed by atoms with Crippen molar-refractivity contribution in [2.45, 2.75) is 6.92 Å². The normalized spacial score (nSPS) is 18.3. The molecule has 0 aliphatic carbocycles. The van der Waals surface area contributed by atoms with E-state index in [1.165, 1.54) is 0 Å². The van der Waals surface area contributed by atoms with E-state index in [9.17, 15) is 9.59 Å². The first-order valence-corrected chi connectivity index (χ1v) is 9.52. The molecular formula is C19H28N4O4. The average Bonchev–Trinajstić information content (AvgIpc) is 3.04. The fourth-order valence-electron chi connectivity index (χ4n) is 3.48. The van der Waals surface area contributed by atoms with E-state index >= 15 is 0 Å². The topological polar surface area (TPSA) is 76.6 Å². The van der Waals surface area contributed by atoms with E-state index in [1.807, 2.05) is 31.2 Å². The molecule has 0 bridgehead atoms. The van der Waals surface area contributed by atoms with Crippen LogP contribution in [0.1, 0.15) is 6.92 Å². The molecule has 1 aromatic carbocycles. The quantitative estimate of drug-likeness (QED) is 0.748. The Morgan fingerprint density at radius 3 is 2.41 bits per heavy atom. The van der Waals surface area contributed by atoms with Gasteiger partial charge in [0.15, 0.2) is 0 Å².